The van der Waals surface area contributed by atoms with Crippen molar-refractivity contribution < 1.29 is 13.9 Å². The van der Waals surface area contributed by atoms with Crippen LogP contribution >= 0.6 is 11.8 Å². The summed E-state index contributed by atoms with van der Waals surface area (Å²) in [4.78, 5) is 2.36. The van der Waals surface area contributed by atoms with Crippen LogP contribution in [0, 0.1) is 17.1 Å². The van der Waals surface area contributed by atoms with E-state index in [2.05, 4.69) is 25.7 Å². The van der Waals surface area contributed by atoms with Crippen molar-refractivity contribution in [1.82, 2.24) is 19.7 Å². The maximum absolute atomic E-state index is 13.4. The van der Waals surface area contributed by atoms with E-state index in [1.54, 1.807) is 42.1 Å². The SMILES string of the molecule is N#Cc1cccc(OCCSc2nnc(-c3ccc(F)cc3)n2CCN2CCOCC2)c1. The number of morpholine rings is 1. The van der Waals surface area contributed by atoms with Crippen LogP contribution in [0.1, 0.15) is 5.56 Å². The molecule has 3 aromatic rings. The van der Waals surface area contributed by atoms with Gasteiger partial charge in [0.15, 0.2) is 11.0 Å². The van der Waals surface area contributed by atoms with Gasteiger partial charge in [-0.15, -0.1) is 10.2 Å². The van der Waals surface area contributed by atoms with E-state index in [1.807, 2.05) is 6.07 Å². The topological polar surface area (TPSA) is 76.2 Å². The van der Waals surface area contributed by atoms with Crippen molar-refractivity contribution in [2.75, 3.05) is 45.2 Å². The summed E-state index contributed by atoms with van der Waals surface area (Å²) in [6.07, 6.45) is 0. The van der Waals surface area contributed by atoms with Crippen LogP contribution in [-0.4, -0.2) is 64.9 Å². The molecule has 1 aromatic heterocycles. The van der Waals surface area contributed by atoms with Crippen molar-refractivity contribution in [1.29, 1.82) is 5.26 Å². The molecule has 0 amide bonds. The van der Waals surface area contributed by atoms with Crippen molar-refractivity contribution >= 4 is 11.8 Å². The Bertz CT molecular complexity index is 1060. The zero-order valence-corrected chi connectivity index (χ0v) is 18.4. The van der Waals surface area contributed by atoms with Gasteiger partial charge < -0.3 is 14.0 Å². The molecule has 0 saturated carbocycles. The lowest BCUT2D eigenvalue weighted by Crippen LogP contribution is -2.38. The van der Waals surface area contributed by atoms with Crippen molar-refractivity contribution in [3.63, 3.8) is 0 Å². The van der Waals surface area contributed by atoms with Gasteiger partial charge >= 0.3 is 0 Å². The Balaban J connectivity index is 1.42. The van der Waals surface area contributed by atoms with Gasteiger partial charge in [0.1, 0.15) is 11.6 Å². The number of ether oxygens (including phenoxy) is 2. The Kier molecular flexibility index (Phi) is 7.72. The maximum Gasteiger partial charge on any atom is 0.191 e. The summed E-state index contributed by atoms with van der Waals surface area (Å²) >= 11 is 1.56. The number of rotatable bonds is 9. The molecule has 7 nitrogen and oxygen atoms in total. The highest BCUT2D eigenvalue weighted by atomic mass is 32.2. The summed E-state index contributed by atoms with van der Waals surface area (Å²) in [5.41, 5.74) is 1.40. The fourth-order valence-corrected chi connectivity index (χ4v) is 4.21. The number of thioether (sulfide) groups is 1. The highest BCUT2D eigenvalue weighted by Crippen LogP contribution is 2.25. The molecular formula is C23H24FN5O2S. The van der Waals surface area contributed by atoms with E-state index in [1.165, 1.54) is 12.1 Å². The van der Waals surface area contributed by atoms with Gasteiger partial charge in [0.05, 0.1) is 31.5 Å². The first-order valence-electron chi connectivity index (χ1n) is 10.5. The average Bonchev–Trinajstić information content (AvgIpc) is 3.24. The molecule has 0 aliphatic carbocycles. The zero-order chi connectivity index (χ0) is 22.2. The summed E-state index contributed by atoms with van der Waals surface area (Å²) in [5, 5.41) is 18.6. The molecule has 9 heteroatoms. The third-order valence-electron chi connectivity index (χ3n) is 5.11. The first kappa shape index (κ1) is 22.3. The van der Waals surface area contributed by atoms with E-state index in [0.717, 1.165) is 55.9 Å². The van der Waals surface area contributed by atoms with E-state index in [-0.39, 0.29) is 5.82 Å². The first-order chi connectivity index (χ1) is 15.7. The zero-order valence-electron chi connectivity index (χ0n) is 17.6. The molecule has 0 unspecified atom stereocenters. The molecule has 1 fully saturated rings. The molecule has 4 rings (SSSR count). The molecule has 0 N–H and O–H groups in total. The van der Waals surface area contributed by atoms with Gasteiger partial charge in [-0.25, -0.2) is 4.39 Å². The Morgan fingerprint density at radius 1 is 1.09 bits per heavy atom. The smallest absolute Gasteiger partial charge is 0.191 e. The van der Waals surface area contributed by atoms with Gasteiger partial charge in [-0.2, -0.15) is 5.26 Å². The Labute approximate surface area is 190 Å². The molecule has 166 valence electrons. The highest BCUT2D eigenvalue weighted by Gasteiger charge is 2.17. The number of hydrogen-bond acceptors (Lipinski definition) is 7. The number of aromatic nitrogens is 3. The molecule has 0 spiro atoms. The Morgan fingerprint density at radius 2 is 1.91 bits per heavy atom. The van der Waals surface area contributed by atoms with E-state index < -0.39 is 0 Å². The second kappa shape index (κ2) is 11.1. The molecule has 1 aliphatic rings. The summed E-state index contributed by atoms with van der Waals surface area (Å²) in [7, 11) is 0. The third kappa shape index (κ3) is 5.85. The van der Waals surface area contributed by atoms with E-state index >= 15 is 0 Å². The van der Waals surface area contributed by atoms with Gasteiger partial charge in [0.25, 0.3) is 0 Å². The van der Waals surface area contributed by atoms with Crippen LogP contribution in [0.25, 0.3) is 11.4 Å². The molecule has 0 atom stereocenters. The largest absolute Gasteiger partial charge is 0.493 e. The standard InChI is InChI=1S/C23H24FN5O2S/c24-20-6-4-19(5-7-20)22-26-27-23(29(22)9-8-28-10-12-30-13-11-28)32-15-14-31-21-3-1-2-18(16-21)17-25/h1-7,16H,8-15H2. The quantitative estimate of drug-likeness (QED) is 0.363. The summed E-state index contributed by atoms with van der Waals surface area (Å²) in [5.74, 6) is 1.80. The summed E-state index contributed by atoms with van der Waals surface area (Å²) in [6, 6.07) is 15.5. The van der Waals surface area contributed by atoms with Crippen molar-refractivity contribution in [3.05, 3.63) is 59.9 Å². The fraction of sp³-hybridized carbons (Fsp3) is 0.348. The Hall–Kier alpha value is -2.93. The minimum absolute atomic E-state index is 0.277. The fourth-order valence-electron chi connectivity index (χ4n) is 3.42. The van der Waals surface area contributed by atoms with Gasteiger partial charge in [-0.05, 0) is 42.5 Å². The first-order valence-corrected chi connectivity index (χ1v) is 11.5. The van der Waals surface area contributed by atoms with Gasteiger partial charge in [0, 0.05) is 37.5 Å². The van der Waals surface area contributed by atoms with E-state index in [0.29, 0.717) is 23.7 Å². The normalized spacial score (nSPS) is 14.2. The minimum Gasteiger partial charge on any atom is -0.493 e. The van der Waals surface area contributed by atoms with Gasteiger partial charge in [-0.3, -0.25) is 4.90 Å². The molecule has 0 bridgehead atoms. The molecule has 1 saturated heterocycles. The Morgan fingerprint density at radius 3 is 2.69 bits per heavy atom. The molecule has 32 heavy (non-hydrogen) atoms. The number of hydrogen-bond donors (Lipinski definition) is 0. The van der Waals surface area contributed by atoms with Crippen LogP contribution in [0.3, 0.4) is 0 Å². The van der Waals surface area contributed by atoms with Crippen molar-refractivity contribution in [3.8, 4) is 23.2 Å². The lowest BCUT2D eigenvalue weighted by Gasteiger charge is -2.27. The van der Waals surface area contributed by atoms with Gasteiger partial charge in [-0.1, -0.05) is 17.8 Å². The van der Waals surface area contributed by atoms with Crippen LogP contribution < -0.4 is 4.74 Å². The summed E-state index contributed by atoms with van der Waals surface area (Å²) < 4.78 is 26.7. The second-order valence-corrected chi connectivity index (χ2v) is 8.32. The monoisotopic (exact) mass is 453 g/mol. The van der Waals surface area contributed by atoms with E-state index in [9.17, 15) is 4.39 Å². The summed E-state index contributed by atoms with van der Waals surface area (Å²) in [6.45, 7) is 5.38. The van der Waals surface area contributed by atoms with Crippen molar-refractivity contribution in [2.24, 2.45) is 0 Å². The molecule has 2 aromatic carbocycles. The third-order valence-corrected chi connectivity index (χ3v) is 6.04. The van der Waals surface area contributed by atoms with Crippen molar-refractivity contribution in [2.45, 2.75) is 11.7 Å². The molecule has 2 heterocycles. The lowest BCUT2D eigenvalue weighted by molar-refractivity contribution is 0.0361. The predicted octanol–water partition coefficient (Wildman–Crippen LogP) is 3.46. The van der Waals surface area contributed by atoms with Crippen LogP contribution in [0.2, 0.25) is 0 Å². The number of nitrogens with zero attached hydrogens (tertiary/aromatic N) is 5. The van der Waals surface area contributed by atoms with Crippen LogP contribution in [0.5, 0.6) is 5.75 Å². The van der Waals surface area contributed by atoms with Crippen LogP contribution in [-0.2, 0) is 11.3 Å². The number of benzene rings is 2. The average molecular weight is 454 g/mol. The number of halogens is 1. The number of nitriles is 1. The molecular weight excluding hydrogens is 429 g/mol. The molecule has 0 radical (unpaired) electrons. The van der Waals surface area contributed by atoms with Gasteiger partial charge in [0.2, 0.25) is 0 Å². The van der Waals surface area contributed by atoms with Crippen LogP contribution in [0.4, 0.5) is 4.39 Å². The maximum atomic E-state index is 13.4. The predicted molar refractivity (Wildman–Crippen MR) is 120 cm³/mol. The highest BCUT2D eigenvalue weighted by molar-refractivity contribution is 7.99. The minimum atomic E-state index is -0.277. The van der Waals surface area contributed by atoms with E-state index in [4.69, 9.17) is 14.7 Å². The second-order valence-electron chi connectivity index (χ2n) is 7.26. The lowest BCUT2D eigenvalue weighted by atomic mass is 10.2. The van der Waals surface area contributed by atoms with Crippen LogP contribution in [0.15, 0.2) is 53.7 Å². The molecule has 1 aliphatic heterocycles.